The quantitative estimate of drug-likeness (QED) is 0.244. The van der Waals surface area contributed by atoms with Crippen molar-refractivity contribution in [1.29, 1.82) is 0 Å². The van der Waals surface area contributed by atoms with Crippen LogP contribution in [0.1, 0.15) is 40.5 Å². The average molecular weight is 375 g/mol. The molecule has 0 bridgehead atoms. The highest BCUT2D eigenvalue weighted by atomic mass is 32.1. The lowest BCUT2D eigenvalue weighted by Gasteiger charge is -2.18. The zero-order valence-electron chi connectivity index (χ0n) is 15.0. The van der Waals surface area contributed by atoms with Crippen LogP contribution in [0.2, 0.25) is 0 Å². The topological polar surface area (TPSA) is 82.3 Å². The highest BCUT2D eigenvalue weighted by Crippen LogP contribution is 2.15. The molecule has 0 saturated carbocycles. The lowest BCUT2D eigenvalue weighted by molar-refractivity contribution is -0.115. The van der Waals surface area contributed by atoms with Gasteiger partial charge in [-0.25, -0.2) is 0 Å². The van der Waals surface area contributed by atoms with Gasteiger partial charge in [-0.3, -0.25) is 0 Å². The van der Waals surface area contributed by atoms with Gasteiger partial charge in [0.1, 0.15) is 12.6 Å². The van der Waals surface area contributed by atoms with Gasteiger partial charge in [-0.2, -0.15) is 0 Å². The van der Waals surface area contributed by atoms with E-state index >= 15 is 0 Å². The van der Waals surface area contributed by atoms with Gasteiger partial charge in [-0.05, 0) is 37.3 Å². The highest BCUT2D eigenvalue weighted by Gasteiger charge is 2.16. The first-order chi connectivity index (χ1) is 11.1. The number of aldehydes is 2. The fraction of sp³-hybridized carbons (Fsp3) is 0.750. The third kappa shape index (κ3) is 12.2. The van der Waals surface area contributed by atoms with Crippen molar-refractivity contribution < 1.29 is 9.59 Å². The molecule has 0 amide bonds. The molecule has 0 radical (unpaired) electrons. The van der Waals surface area contributed by atoms with E-state index in [9.17, 15) is 9.59 Å². The summed E-state index contributed by atoms with van der Waals surface area (Å²) in [4.78, 5) is 21.6. The standard InChI is InChI=1S/C16H30N4O2S2/c1-15(2,11-21)5-7-17-13(23)19-9-10-20-14(24)18-8-6-16(3,4)12-22/h11-12H,5-10H2,1-4H3,(H2,17,19,23)(H2,18,20,24). The number of hydrogen-bond acceptors (Lipinski definition) is 4. The Bertz CT molecular complexity index is 400. The van der Waals surface area contributed by atoms with Gasteiger partial charge in [0, 0.05) is 37.0 Å². The fourth-order valence-electron chi connectivity index (χ4n) is 1.59. The Labute approximate surface area is 155 Å². The Morgan fingerprint density at radius 1 is 0.708 bits per heavy atom. The van der Waals surface area contributed by atoms with Gasteiger partial charge < -0.3 is 30.9 Å². The molecule has 0 aromatic rings. The molecule has 0 aliphatic heterocycles. The Morgan fingerprint density at radius 3 is 1.29 bits per heavy atom. The normalized spacial score (nSPS) is 11.3. The maximum Gasteiger partial charge on any atom is 0.166 e. The highest BCUT2D eigenvalue weighted by molar-refractivity contribution is 7.80. The molecule has 0 aromatic heterocycles. The van der Waals surface area contributed by atoms with E-state index in [1.54, 1.807) is 0 Å². The predicted octanol–water partition coefficient (Wildman–Crippen LogP) is 1.15. The number of hydrogen-bond donors (Lipinski definition) is 4. The SMILES string of the molecule is CC(C)(C=O)CCNC(=S)NCCNC(=S)NCCC(C)(C)C=O. The summed E-state index contributed by atoms with van der Waals surface area (Å²) in [7, 11) is 0. The molecule has 0 fully saturated rings. The molecule has 6 nitrogen and oxygen atoms in total. The zero-order valence-corrected chi connectivity index (χ0v) is 16.7. The molecule has 0 spiro atoms. The first-order valence-electron chi connectivity index (χ1n) is 8.08. The van der Waals surface area contributed by atoms with Crippen LogP contribution >= 0.6 is 24.4 Å². The third-order valence-electron chi connectivity index (χ3n) is 3.44. The smallest absolute Gasteiger partial charge is 0.166 e. The summed E-state index contributed by atoms with van der Waals surface area (Å²) in [5.74, 6) is 0. The summed E-state index contributed by atoms with van der Waals surface area (Å²) in [6.45, 7) is 10.1. The Balaban J connectivity index is 3.67. The third-order valence-corrected chi connectivity index (χ3v) is 4.02. The van der Waals surface area contributed by atoms with Gasteiger partial charge >= 0.3 is 0 Å². The number of carbonyl (C=O) groups excluding carboxylic acids is 2. The summed E-state index contributed by atoms with van der Waals surface area (Å²) in [5.41, 5.74) is -0.666. The molecule has 0 atom stereocenters. The molecule has 0 unspecified atom stereocenters. The van der Waals surface area contributed by atoms with Crippen molar-refractivity contribution >= 4 is 47.2 Å². The van der Waals surface area contributed by atoms with Gasteiger partial charge in [0.2, 0.25) is 0 Å². The number of nitrogens with one attached hydrogen (secondary N) is 4. The van der Waals surface area contributed by atoms with Crippen molar-refractivity contribution in [3.8, 4) is 0 Å². The number of carbonyl (C=O) groups is 2. The molecule has 138 valence electrons. The van der Waals surface area contributed by atoms with Crippen molar-refractivity contribution in [3.63, 3.8) is 0 Å². The van der Waals surface area contributed by atoms with Crippen LogP contribution < -0.4 is 21.3 Å². The maximum absolute atomic E-state index is 10.8. The van der Waals surface area contributed by atoms with Crippen molar-refractivity contribution in [2.75, 3.05) is 26.2 Å². The summed E-state index contributed by atoms with van der Waals surface area (Å²) in [6.07, 6.45) is 3.36. The number of rotatable bonds is 11. The van der Waals surface area contributed by atoms with E-state index in [1.807, 2.05) is 27.7 Å². The van der Waals surface area contributed by atoms with Crippen LogP contribution in [0.25, 0.3) is 0 Å². The molecule has 0 rings (SSSR count). The van der Waals surface area contributed by atoms with Gasteiger partial charge in [0.25, 0.3) is 0 Å². The Hall–Kier alpha value is -1.28. The van der Waals surface area contributed by atoms with E-state index in [0.29, 0.717) is 36.4 Å². The zero-order chi connectivity index (χ0) is 18.6. The van der Waals surface area contributed by atoms with Crippen LogP contribution in [-0.4, -0.2) is 49.0 Å². The van der Waals surface area contributed by atoms with E-state index in [-0.39, 0.29) is 10.8 Å². The van der Waals surface area contributed by atoms with E-state index in [4.69, 9.17) is 24.4 Å². The minimum Gasteiger partial charge on any atom is -0.363 e. The molecule has 0 aliphatic rings. The second-order valence-corrected chi connectivity index (χ2v) is 7.89. The first kappa shape index (κ1) is 22.7. The predicted molar refractivity (Wildman–Crippen MR) is 106 cm³/mol. The van der Waals surface area contributed by atoms with Crippen LogP contribution in [0.4, 0.5) is 0 Å². The number of thiocarbonyl (C=S) groups is 2. The molecule has 8 heteroatoms. The minimum absolute atomic E-state index is 0.333. The summed E-state index contributed by atoms with van der Waals surface area (Å²) >= 11 is 10.3. The van der Waals surface area contributed by atoms with E-state index < -0.39 is 0 Å². The molecular weight excluding hydrogens is 344 g/mol. The van der Waals surface area contributed by atoms with Crippen molar-refractivity contribution in [1.82, 2.24) is 21.3 Å². The summed E-state index contributed by atoms with van der Waals surface area (Å²) in [6, 6.07) is 0. The van der Waals surface area contributed by atoms with Crippen LogP contribution in [0.15, 0.2) is 0 Å². The van der Waals surface area contributed by atoms with E-state index in [2.05, 4.69) is 21.3 Å². The average Bonchev–Trinajstić information content (AvgIpc) is 2.51. The molecule has 0 heterocycles. The largest absolute Gasteiger partial charge is 0.363 e. The lowest BCUT2D eigenvalue weighted by Crippen LogP contribution is -2.43. The maximum atomic E-state index is 10.8. The van der Waals surface area contributed by atoms with Crippen molar-refractivity contribution in [3.05, 3.63) is 0 Å². The molecule has 0 saturated heterocycles. The molecule has 0 aromatic carbocycles. The lowest BCUT2D eigenvalue weighted by atomic mass is 9.92. The van der Waals surface area contributed by atoms with Crippen molar-refractivity contribution in [2.24, 2.45) is 10.8 Å². The van der Waals surface area contributed by atoms with Crippen LogP contribution in [0, 0.1) is 10.8 Å². The molecular formula is C16H30N4O2S2. The van der Waals surface area contributed by atoms with Crippen LogP contribution in [0.3, 0.4) is 0 Å². The minimum atomic E-state index is -0.333. The second-order valence-electron chi connectivity index (χ2n) is 7.08. The van der Waals surface area contributed by atoms with Crippen LogP contribution in [-0.2, 0) is 9.59 Å². The van der Waals surface area contributed by atoms with Crippen molar-refractivity contribution in [2.45, 2.75) is 40.5 Å². The molecule has 24 heavy (non-hydrogen) atoms. The monoisotopic (exact) mass is 374 g/mol. The second kappa shape index (κ2) is 11.3. The Kier molecular flexibility index (Phi) is 10.7. The molecule has 0 aliphatic carbocycles. The fourth-order valence-corrected chi connectivity index (χ4v) is 2.00. The summed E-state index contributed by atoms with van der Waals surface area (Å²) in [5, 5.41) is 13.4. The van der Waals surface area contributed by atoms with Gasteiger partial charge in [0.15, 0.2) is 10.2 Å². The molecule has 4 N–H and O–H groups in total. The van der Waals surface area contributed by atoms with Gasteiger partial charge in [-0.1, -0.05) is 27.7 Å². The Morgan fingerprint density at radius 2 is 1.00 bits per heavy atom. The van der Waals surface area contributed by atoms with E-state index in [0.717, 1.165) is 25.4 Å². The van der Waals surface area contributed by atoms with Gasteiger partial charge in [0.05, 0.1) is 0 Å². The van der Waals surface area contributed by atoms with Gasteiger partial charge in [-0.15, -0.1) is 0 Å². The van der Waals surface area contributed by atoms with E-state index in [1.165, 1.54) is 0 Å². The van der Waals surface area contributed by atoms with Crippen LogP contribution in [0.5, 0.6) is 0 Å². The first-order valence-corrected chi connectivity index (χ1v) is 8.89. The summed E-state index contributed by atoms with van der Waals surface area (Å²) < 4.78 is 0.